The number of carboxylic acids is 1. The highest BCUT2D eigenvalue weighted by atomic mass is 19.3. The number of morpholine rings is 1. The highest BCUT2D eigenvalue weighted by Crippen LogP contribution is 2.31. The van der Waals surface area contributed by atoms with Gasteiger partial charge in [-0.3, -0.25) is 10.1 Å². The Morgan fingerprint density at radius 3 is 2.80 bits per heavy atom. The third-order valence-corrected chi connectivity index (χ3v) is 3.12. The zero-order valence-corrected chi connectivity index (χ0v) is 10.8. The number of benzene rings is 1. The molecule has 1 aromatic carbocycles. The summed E-state index contributed by atoms with van der Waals surface area (Å²) >= 11 is 0. The van der Waals surface area contributed by atoms with Crippen molar-refractivity contribution in [3.8, 4) is 5.75 Å². The number of carboxylic acid groups (broad SMARTS) is 1. The van der Waals surface area contributed by atoms with E-state index in [1.54, 1.807) is 25.1 Å². The molecule has 1 aliphatic heterocycles. The van der Waals surface area contributed by atoms with Crippen LogP contribution in [-0.2, 0) is 9.53 Å². The van der Waals surface area contributed by atoms with Gasteiger partial charge < -0.3 is 14.6 Å². The lowest BCUT2D eigenvalue weighted by Gasteiger charge is -2.34. The summed E-state index contributed by atoms with van der Waals surface area (Å²) in [6.45, 7) is -1.09. The number of rotatable bonds is 4. The fourth-order valence-electron chi connectivity index (χ4n) is 2.21. The summed E-state index contributed by atoms with van der Waals surface area (Å²) in [6, 6.07) is 5.51. The third kappa shape index (κ3) is 3.23. The van der Waals surface area contributed by atoms with Gasteiger partial charge in [-0.05, 0) is 13.0 Å². The normalized spacial score (nSPS) is 26.5. The maximum absolute atomic E-state index is 12.4. The van der Waals surface area contributed by atoms with Gasteiger partial charge >= 0.3 is 12.6 Å². The van der Waals surface area contributed by atoms with Crippen molar-refractivity contribution in [2.75, 3.05) is 6.54 Å². The van der Waals surface area contributed by atoms with Gasteiger partial charge in [-0.25, -0.2) is 0 Å². The first kappa shape index (κ1) is 14.7. The van der Waals surface area contributed by atoms with Crippen molar-refractivity contribution in [3.63, 3.8) is 0 Å². The molecule has 2 rings (SSSR count). The van der Waals surface area contributed by atoms with Crippen molar-refractivity contribution >= 4 is 5.97 Å². The van der Waals surface area contributed by atoms with Crippen LogP contribution >= 0.6 is 0 Å². The van der Waals surface area contributed by atoms with Gasteiger partial charge in [-0.2, -0.15) is 8.78 Å². The molecule has 1 fully saturated rings. The first-order chi connectivity index (χ1) is 9.49. The zero-order valence-electron chi connectivity index (χ0n) is 10.8. The van der Waals surface area contributed by atoms with Crippen molar-refractivity contribution in [2.24, 2.45) is 0 Å². The minimum atomic E-state index is -2.92. The highest BCUT2D eigenvalue weighted by Gasteiger charge is 2.34. The molecule has 1 heterocycles. The molecule has 0 amide bonds. The van der Waals surface area contributed by atoms with Crippen LogP contribution in [0.2, 0.25) is 0 Å². The Kier molecular flexibility index (Phi) is 4.51. The first-order valence-electron chi connectivity index (χ1n) is 6.14. The molecule has 2 N–H and O–H groups in total. The maximum atomic E-state index is 12.4. The fraction of sp³-hybridized carbons (Fsp3) is 0.462. The largest absolute Gasteiger partial charge is 0.480 e. The zero-order chi connectivity index (χ0) is 14.7. The number of carbonyl (C=O) groups is 1. The van der Waals surface area contributed by atoms with Crippen molar-refractivity contribution in [1.29, 1.82) is 0 Å². The van der Waals surface area contributed by atoms with Gasteiger partial charge in [-0.15, -0.1) is 0 Å². The number of ether oxygens (including phenoxy) is 2. The Bertz CT molecular complexity index is 483. The summed E-state index contributed by atoms with van der Waals surface area (Å²) in [5.74, 6) is -0.969. The van der Waals surface area contributed by atoms with Gasteiger partial charge in [0.15, 0.2) is 0 Å². The predicted molar refractivity (Wildman–Crippen MR) is 65.8 cm³/mol. The van der Waals surface area contributed by atoms with Gasteiger partial charge in [0.25, 0.3) is 0 Å². The second-order valence-corrected chi connectivity index (χ2v) is 4.47. The van der Waals surface area contributed by atoms with E-state index < -0.39 is 30.8 Å². The Morgan fingerprint density at radius 1 is 1.50 bits per heavy atom. The van der Waals surface area contributed by atoms with Crippen LogP contribution in [0.1, 0.15) is 18.6 Å². The summed E-state index contributed by atoms with van der Waals surface area (Å²) in [4.78, 5) is 11.0. The van der Waals surface area contributed by atoms with Crippen molar-refractivity contribution in [2.45, 2.75) is 31.8 Å². The first-order valence-corrected chi connectivity index (χ1v) is 6.14. The number of halogens is 2. The van der Waals surface area contributed by atoms with Crippen molar-refractivity contribution in [1.82, 2.24) is 5.32 Å². The van der Waals surface area contributed by atoms with E-state index in [-0.39, 0.29) is 12.3 Å². The molecule has 0 spiro atoms. The molecule has 110 valence electrons. The van der Waals surface area contributed by atoms with Crippen LogP contribution in [-0.4, -0.2) is 36.4 Å². The third-order valence-electron chi connectivity index (χ3n) is 3.12. The molecule has 1 aromatic rings. The molecule has 0 radical (unpaired) electrons. The minimum absolute atomic E-state index is 0.0373. The molecule has 7 heteroatoms. The van der Waals surface area contributed by atoms with Gasteiger partial charge in [0.1, 0.15) is 11.8 Å². The summed E-state index contributed by atoms with van der Waals surface area (Å²) in [5.41, 5.74) is 0.469. The number of hydrogen-bond acceptors (Lipinski definition) is 4. The fourth-order valence-corrected chi connectivity index (χ4v) is 2.21. The van der Waals surface area contributed by atoms with Crippen LogP contribution in [0.25, 0.3) is 0 Å². The molecular formula is C13H15F2NO4. The van der Waals surface area contributed by atoms with E-state index in [1.807, 2.05) is 0 Å². The van der Waals surface area contributed by atoms with Crippen LogP contribution in [0.3, 0.4) is 0 Å². The number of nitrogens with one attached hydrogen (secondary N) is 1. The second-order valence-electron chi connectivity index (χ2n) is 4.47. The Balaban J connectivity index is 2.15. The summed E-state index contributed by atoms with van der Waals surface area (Å²) in [6.07, 6.45) is -1.11. The molecule has 3 unspecified atom stereocenters. The SMILES string of the molecule is CC1OC(c2ccccc2OC(F)F)CNC1C(=O)O. The summed E-state index contributed by atoms with van der Waals surface area (Å²) in [7, 11) is 0. The lowest BCUT2D eigenvalue weighted by molar-refractivity contribution is -0.149. The van der Waals surface area contributed by atoms with E-state index in [0.29, 0.717) is 5.56 Å². The van der Waals surface area contributed by atoms with E-state index in [4.69, 9.17) is 9.84 Å². The monoisotopic (exact) mass is 287 g/mol. The van der Waals surface area contributed by atoms with Crippen LogP contribution < -0.4 is 10.1 Å². The minimum Gasteiger partial charge on any atom is -0.480 e. The molecule has 1 aliphatic rings. The average molecular weight is 287 g/mol. The van der Waals surface area contributed by atoms with Gasteiger partial charge in [0, 0.05) is 12.1 Å². The topological polar surface area (TPSA) is 67.8 Å². The van der Waals surface area contributed by atoms with Crippen LogP contribution in [0.4, 0.5) is 8.78 Å². The molecule has 3 atom stereocenters. The number of hydrogen-bond donors (Lipinski definition) is 2. The summed E-state index contributed by atoms with van der Waals surface area (Å²) < 4.78 is 34.8. The Labute approximate surface area is 114 Å². The molecule has 20 heavy (non-hydrogen) atoms. The Hall–Kier alpha value is -1.73. The molecule has 0 saturated carbocycles. The van der Waals surface area contributed by atoms with Crippen LogP contribution in [0, 0.1) is 0 Å². The number of aliphatic carboxylic acids is 1. The Morgan fingerprint density at radius 2 is 2.20 bits per heavy atom. The lowest BCUT2D eigenvalue weighted by Crippen LogP contribution is -2.52. The van der Waals surface area contributed by atoms with Gasteiger partial charge in [0.2, 0.25) is 0 Å². The lowest BCUT2D eigenvalue weighted by atomic mass is 10.0. The van der Waals surface area contributed by atoms with E-state index in [9.17, 15) is 13.6 Å². The molecule has 1 saturated heterocycles. The summed E-state index contributed by atoms with van der Waals surface area (Å²) in [5, 5.41) is 11.8. The van der Waals surface area contributed by atoms with E-state index in [1.165, 1.54) is 6.07 Å². The highest BCUT2D eigenvalue weighted by molar-refractivity contribution is 5.74. The second kappa shape index (κ2) is 6.15. The average Bonchev–Trinajstić information content (AvgIpc) is 2.38. The predicted octanol–water partition coefficient (Wildman–Crippen LogP) is 1.79. The van der Waals surface area contributed by atoms with E-state index in [0.717, 1.165) is 0 Å². The number of alkyl halides is 2. The van der Waals surface area contributed by atoms with Crippen LogP contribution in [0.5, 0.6) is 5.75 Å². The smallest absolute Gasteiger partial charge is 0.387 e. The number of para-hydroxylation sites is 1. The van der Waals surface area contributed by atoms with E-state index >= 15 is 0 Å². The molecular weight excluding hydrogens is 272 g/mol. The van der Waals surface area contributed by atoms with Crippen molar-refractivity contribution < 1.29 is 28.2 Å². The molecule has 0 bridgehead atoms. The van der Waals surface area contributed by atoms with Gasteiger partial charge in [-0.1, -0.05) is 18.2 Å². The molecule has 5 nitrogen and oxygen atoms in total. The molecule has 0 aliphatic carbocycles. The van der Waals surface area contributed by atoms with Crippen molar-refractivity contribution in [3.05, 3.63) is 29.8 Å². The van der Waals surface area contributed by atoms with Crippen LogP contribution in [0.15, 0.2) is 24.3 Å². The molecule has 0 aromatic heterocycles. The quantitative estimate of drug-likeness (QED) is 0.883. The van der Waals surface area contributed by atoms with E-state index in [2.05, 4.69) is 10.1 Å². The maximum Gasteiger partial charge on any atom is 0.387 e. The standard InChI is InChI=1S/C13H15F2NO4/c1-7-11(12(17)18)16-6-10(19-7)8-4-2-3-5-9(8)20-13(14)15/h2-5,7,10-11,13,16H,6H2,1H3,(H,17,18). The van der Waals surface area contributed by atoms with Gasteiger partial charge in [0.05, 0.1) is 12.2 Å².